The molecule has 0 radical (unpaired) electrons. The molecule has 0 aromatic carbocycles. The summed E-state index contributed by atoms with van der Waals surface area (Å²) in [6, 6.07) is 0.841. The van der Waals surface area contributed by atoms with E-state index in [1.165, 1.54) is 6.42 Å². The van der Waals surface area contributed by atoms with Crippen LogP contribution in [0.25, 0.3) is 0 Å². The minimum absolute atomic E-state index is 0.142. The van der Waals surface area contributed by atoms with Gasteiger partial charge in [0.25, 0.3) is 0 Å². The molecule has 4 nitrogen and oxygen atoms in total. The van der Waals surface area contributed by atoms with Gasteiger partial charge >= 0.3 is 0 Å². The maximum atomic E-state index is 11.2. The summed E-state index contributed by atoms with van der Waals surface area (Å²) in [4.78, 5) is 13.6. The molecule has 2 saturated heterocycles. The summed E-state index contributed by atoms with van der Waals surface area (Å²) in [6.45, 7) is 14.8. The van der Waals surface area contributed by atoms with Crippen LogP contribution < -0.4 is 5.32 Å². The number of carbonyl (C=O) groups is 1. The standard InChI is InChI=1S/C11H20N2O2.2C2H6/c1-3-11(14)12-8(2)5-13-6-10-4-9(13)7-15-10;2*1-2/h8-10H,3-7H2,1-2H3,(H,12,14);2*1-2H3. The molecule has 2 bridgehead atoms. The Hall–Kier alpha value is -0.610. The zero-order valence-corrected chi connectivity index (χ0v) is 13.5. The Morgan fingerprint density at radius 3 is 2.42 bits per heavy atom. The lowest BCUT2D eigenvalue weighted by Crippen LogP contribution is -2.46. The van der Waals surface area contributed by atoms with Crippen molar-refractivity contribution < 1.29 is 9.53 Å². The first-order valence-corrected chi connectivity index (χ1v) is 7.84. The Morgan fingerprint density at radius 2 is 2.00 bits per heavy atom. The van der Waals surface area contributed by atoms with Crippen molar-refractivity contribution >= 4 is 5.91 Å². The van der Waals surface area contributed by atoms with Gasteiger partial charge in [0.1, 0.15) is 0 Å². The largest absolute Gasteiger partial charge is 0.375 e. The van der Waals surface area contributed by atoms with Crippen LogP contribution >= 0.6 is 0 Å². The second-order valence-corrected chi connectivity index (χ2v) is 4.62. The minimum atomic E-state index is 0.142. The van der Waals surface area contributed by atoms with Crippen LogP contribution in [0.2, 0.25) is 0 Å². The van der Waals surface area contributed by atoms with E-state index >= 15 is 0 Å². The molecule has 2 heterocycles. The third kappa shape index (κ3) is 5.91. The number of rotatable bonds is 4. The van der Waals surface area contributed by atoms with Gasteiger partial charge in [0.15, 0.2) is 0 Å². The van der Waals surface area contributed by atoms with E-state index in [0.29, 0.717) is 18.6 Å². The summed E-state index contributed by atoms with van der Waals surface area (Å²) in [7, 11) is 0. The van der Waals surface area contributed by atoms with Gasteiger partial charge in [-0.25, -0.2) is 0 Å². The highest BCUT2D eigenvalue weighted by Crippen LogP contribution is 2.27. The van der Waals surface area contributed by atoms with Crippen LogP contribution in [0.4, 0.5) is 0 Å². The molecule has 0 saturated carbocycles. The van der Waals surface area contributed by atoms with Crippen LogP contribution in [0.1, 0.15) is 54.4 Å². The maximum absolute atomic E-state index is 11.2. The van der Waals surface area contributed by atoms with Crippen molar-refractivity contribution in [2.45, 2.75) is 72.6 Å². The fourth-order valence-electron chi connectivity index (χ4n) is 2.48. The Bertz CT molecular complexity index is 246. The van der Waals surface area contributed by atoms with E-state index in [4.69, 9.17) is 4.74 Å². The second kappa shape index (κ2) is 10.2. The number of nitrogens with one attached hydrogen (secondary N) is 1. The molecule has 0 spiro atoms. The molecule has 0 aliphatic carbocycles. The van der Waals surface area contributed by atoms with E-state index in [1.54, 1.807) is 0 Å². The van der Waals surface area contributed by atoms with E-state index in [2.05, 4.69) is 17.1 Å². The zero-order valence-electron chi connectivity index (χ0n) is 13.5. The average Bonchev–Trinajstić information content (AvgIpc) is 3.05. The number of fused-ring (bicyclic) bond motifs is 2. The van der Waals surface area contributed by atoms with Crippen molar-refractivity contribution in [2.75, 3.05) is 19.7 Å². The molecule has 0 aromatic rings. The zero-order chi connectivity index (χ0) is 14.8. The number of morpholine rings is 1. The monoisotopic (exact) mass is 272 g/mol. The molecule has 2 rings (SSSR count). The quantitative estimate of drug-likeness (QED) is 0.854. The van der Waals surface area contributed by atoms with Gasteiger partial charge < -0.3 is 10.1 Å². The smallest absolute Gasteiger partial charge is 0.219 e. The Labute approximate surface area is 118 Å². The van der Waals surface area contributed by atoms with Gasteiger partial charge in [-0.1, -0.05) is 34.6 Å². The van der Waals surface area contributed by atoms with Crippen LogP contribution in [-0.2, 0) is 9.53 Å². The normalized spacial score (nSPS) is 25.8. The van der Waals surface area contributed by atoms with Gasteiger partial charge in [0, 0.05) is 31.6 Å². The average molecular weight is 272 g/mol. The predicted molar refractivity (Wildman–Crippen MR) is 80.3 cm³/mol. The molecule has 2 aliphatic rings. The molecule has 2 aliphatic heterocycles. The fourth-order valence-corrected chi connectivity index (χ4v) is 2.48. The SMILES string of the molecule is CC.CC.CCC(=O)NC(C)CN1CC2CC1CO2. The van der Waals surface area contributed by atoms with Gasteiger partial charge in [0.2, 0.25) is 5.91 Å². The fraction of sp³-hybridized carbons (Fsp3) is 0.933. The number of hydrogen-bond donors (Lipinski definition) is 1. The van der Waals surface area contributed by atoms with Crippen LogP contribution in [0.3, 0.4) is 0 Å². The molecule has 19 heavy (non-hydrogen) atoms. The lowest BCUT2D eigenvalue weighted by atomic mass is 10.2. The topological polar surface area (TPSA) is 41.6 Å². The number of hydrogen-bond acceptors (Lipinski definition) is 3. The number of ether oxygens (including phenoxy) is 1. The van der Waals surface area contributed by atoms with Crippen molar-refractivity contribution in [3.63, 3.8) is 0 Å². The first-order chi connectivity index (χ1) is 9.19. The number of nitrogens with zero attached hydrogens (tertiary/aromatic N) is 1. The Morgan fingerprint density at radius 1 is 1.37 bits per heavy atom. The molecule has 1 amide bonds. The van der Waals surface area contributed by atoms with E-state index in [-0.39, 0.29) is 11.9 Å². The Balaban J connectivity index is 0.000000741. The summed E-state index contributed by atoms with van der Waals surface area (Å²) in [6.07, 6.45) is 2.19. The summed E-state index contributed by atoms with van der Waals surface area (Å²) in [5.74, 6) is 0.142. The van der Waals surface area contributed by atoms with Crippen LogP contribution in [0.15, 0.2) is 0 Å². The predicted octanol–water partition coefficient (Wildman–Crippen LogP) is 2.43. The summed E-state index contributed by atoms with van der Waals surface area (Å²) < 4.78 is 5.54. The first kappa shape index (κ1) is 18.4. The van der Waals surface area contributed by atoms with E-state index in [1.807, 2.05) is 34.6 Å². The van der Waals surface area contributed by atoms with E-state index in [9.17, 15) is 4.79 Å². The first-order valence-electron chi connectivity index (χ1n) is 7.84. The van der Waals surface area contributed by atoms with Gasteiger partial charge in [-0.2, -0.15) is 0 Å². The minimum Gasteiger partial charge on any atom is -0.375 e. The number of carbonyl (C=O) groups excluding carboxylic acids is 1. The molecule has 114 valence electrons. The molecular formula is C15H32N2O2. The third-order valence-corrected chi connectivity index (χ3v) is 3.25. The summed E-state index contributed by atoms with van der Waals surface area (Å²) >= 11 is 0. The van der Waals surface area contributed by atoms with Crippen molar-refractivity contribution in [3.8, 4) is 0 Å². The lowest BCUT2D eigenvalue weighted by molar-refractivity contribution is -0.121. The summed E-state index contributed by atoms with van der Waals surface area (Å²) in [5, 5.41) is 2.99. The number of amides is 1. The molecule has 3 atom stereocenters. The van der Waals surface area contributed by atoms with Crippen molar-refractivity contribution in [2.24, 2.45) is 0 Å². The molecule has 1 N–H and O–H groups in total. The Kier molecular flexibility index (Phi) is 9.88. The van der Waals surface area contributed by atoms with E-state index in [0.717, 1.165) is 19.7 Å². The van der Waals surface area contributed by atoms with Crippen molar-refractivity contribution in [3.05, 3.63) is 0 Å². The lowest BCUT2D eigenvalue weighted by Gasteiger charge is -2.29. The van der Waals surface area contributed by atoms with Crippen molar-refractivity contribution in [1.82, 2.24) is 10.2 Å². The number of likely N-dealkylation sites (tertiary alicyclic amines) is 1. The van der Waals surface area contributed by atoms with Crippen LogP contribution in [-0.4, -0.2) is 48.7 Å². The second-order valence-electron chi connectivity index (χ2n) is 4.62. The maximum Gasteiger partial charge on any atom is 0.219 e. The molecule has 0 aromatic heterocycles. The van der Waals surface area contributed by atoms with Gasteiger partial charge in [-0.3, -0.25) is 9.69 Å². The van der Waals surface area contributed by atoms with Crippen LogP contribution in [0.5, 0.6) is 0 Å². The highest BCUT2D eigenvalue weighted by atomic mass is 16.5. The molecule has 4 heteroatoms. The van der Waals surface area contributed by atoms with Gasteiger partial charge in [0.05, 0.1) is 12.7 Å². The van der Waals surface area contributed by atoms with Gasteiger partial charge in [-0.05, 0) is 13.3 Å². The molecule has 3 unspecified atom stereocenters. The highest BCUT2D eigenvalue weighted by molar-refractivity contribution is 5.75. The van der Waals surface area contributed by atoms with Crippen LogP contribution in [0, 0.1) is 0 Å². The molecule has 2 fully saturated rings. The van der Waals surface area contributed by atoms with Gasteiger partial charge in [-0.15, -0.1) is 0 Å². The van der Waals surface area contributed by atoms with E-state index < -0.39 is 0 Å². The van der Waals surface area contributed by atoms with Crippen molar-refractivity contribution in [1.29, 1.82) is 0 Å². The molecular weight excluding hydrogens is 240 g/mol. The highest BCUT2D eigenvalue weighted by Gasteiger charge is 2.39. The summed E-state index contributed by atoms with van der Waals surface area (Å²) in [5.41, 5.74) is 0. The third-order valence-electron chi connectivity index (χ3n) is 3.25.